The molecule has 10 heteroatoms. The van der Waals surface area contributed by atoms with Crippen LogP contribution in [0.1, 0.15) is 10.6 Å². The Morgan fingerprint density at radius 3 is 2.65 bits per heavy atom. The van der Waals surface area contributed by atoms with Crippen LogP contribution in [0.3, 0.4) is 0 Å². The van der Waals surface area contributed by atoms with Gasteiger partial charge in [-0.1, -0.05) is 34.8 Å². The van der Waals surface area contributed by atoms with Crippen LogP contribution in [0, 0.1) is 10.1 Å². The van der Waals surface area contributed by atoms with Gasteiger partial charge in [-0.2, -0.15) is 0 Å². The molecule has 0 radical (unpaired) electrons. The Morgan fingerprint density at radius 2 is 2.24 bits per heavy atom. The first-order valence-corrected chi connectivity index (χ1v) is 5.22. The predicted octanol–water partition coefficient (Wildman–Crippen LogP) is 1.95. The van der Waals surface area contributed by atoms with Crippen molar-refractivity contribution in [2.75, 3.05) is 7.11 Å². The second-order valence-corrected chi connectivity index (χ2v) is 5.18. The van der Waals surface area contributed by atoms with E-state index in [1.807, 2.05) is 0 Å². The molecule has 0 unspecified atom stereocenters. The van der Waals surface area contributed by atoms with Crippen LogP contribution in [-0.4, -0.2) is 31.2 Å². The van der Waals surface area contributed by atoms with Crippen LogP contribution in [0.15, 0.2) is 6.20 Å². The second-order valence-electron chi connectivity index (χ2n) is 2.89. The van der Waals surface area contributed by atoms with Gasteiger partial charge in [-0.25, -0.2) is 0 Å². The van der Waals surface area contributed by atoms with Crippen molar-refractivity contribution in [3.8, 4) is 0 Å². The highest BCUT2D eigenvalue weighted by molar-refractivity contribution is 6.77. The van der Waals surface area contributed by atoms with Crippen molar-refractivity contribution in [1.82, 2.24) is 9.55 Å². The number of aromatic nitrogens is 2. The number of imidazole rings is 1. The van der Waals surface area contributed by atoms with Crippen molar-refractivity contribution in [3.63, 3.8) is 0 Å². The maximum Gasteiger partial charge on any atom is 0.382 e. The molecule has 0 aromatic carbocycles. The van der Waals surface area contributed by atoms with Gasteiger partial charge >= 0.3 is 5.82 Å². The molecule has 0 aliphatic heterocycles. The molecule has 0 N–H and O–H groups in total. The third-order valence-corrected chi connectivity index (χ3v) is 2.19. The number of alkyl halides is 3. The van der Waals surface area contributed by atoms with Gasteiger partial charge in [0.15, 0.2) is 0 Å². The molecular weight excluding hydrogens is 296 g/mol. The van der Waals surface area contributed by atoms with Gasteiger partial charge in [-0.05, 0) is 9.91 Å². The largest absolute Gasteiger partial charge is 0.382 e. The molecule has 1 rings (SSSR count). The third-order valence-electron chi connectivity index (χ3n) is 1.68. The minimum absolute atomic E-state index is 0.122. The number of carbonyl (C=O) groups is 1. The molecule has 0 aliphatic carbocycles. The highest BCUT2D eigenvalue weighted by atomic mass is 35.6. The highest BCUT2D eigenvalue weighted by Gasteiger charge is 2.39. The van der Waals surface area contributed by atoms with E-state index in [2.05, 4.69) is 4.98 Å². The molecule has 0 aliphatic rings. The highest BCUT2D eigenvalue weighted by Crippen LogP contribution is 2.30. The topological polar surface area (TPSA) is 87.3 Å². The smallest absolute Gasteiger partial charge is 0.364 e. The van der Waals surface area contributed by atoms with Crippen LogP contribution in [0.25, 0.3) is 0 Å². The Kier molecular flexibility index (Phi) is 4.31. The van der Waals surface area contributed by atoms with Gasteiger partial charge in [0.1, 0.15) is 12.9 Å². The summed E-state index contributed by atoms with van der Waals surface area (Å²) in [6.45, 7) is -0.122. The Bertz CT molecular complexity index is 454. The maximum atomic E-state index is 11.6. The van der Waals surface area contributed by atoms with Crippen LogP contribution in [0.4, 0.5) is 5.82 Å². The standard InChI is InChI=1S/C7H6Cl3N3O4/c1-17-3-12-2-4(13(15)16)11-6(12)5(14)7(8,9)10/h2H,3H2,1H3. The Labute approximate surface area is 110 Å². The Balaban J connectivity index is 3.21. The fourth-order valence-electron chi connectivity index (χ4n) is 1.04. The zero-order chi connectivity index (χ0) is 13.2. The maximum absolute atomic E-state index is 11.6. The molecule has 0 bridgehead atoms. The molecule has 0 atom stereocenters. The molecule has 0 spiro atoms. The van der Waals surface area contributed by atoms with E-state index in [9.17, 15) is 14.9 Å². The summed E-state index contributed by atoms with van der Waals surface area (Å²) in [5.41, 5.74) is 0. The fourth-order valence-corrected chi connectivity index (χ4v) is 1.29. The monoisotopic (exact) mass is 301 g/mol. The molecule has 1 aromatic heterocycles. The minimum Gasteiger partial charge on any atom is -0.364 e. The number of halogens is 3. The van der Waals surface area contributed by atoms with Crippen molar-refractivity contribution in [2.45, 2.75) is 10.5 Å². The van der Waals surface area contributed by atoms with E-state index in [4.69, 9.17) is 39.5 Å². The van der Waals surface area contributed by atoms with Gasteiger partial charge in [-0.15, -0.1) is 0 Å². The number of hydrogen-bond acceptors (Lipinski definition) is 5. The van der Waals surface area contributed by atoms with Gasteiger partial charge in [0.25, 0.3) is 15.4 Å². The van der Waals surface area contributed by atoms with Crippen molar-refractivity contribution >= 4 is 46.4 Å². The first-order valence-electron chi connectivity index (χ1n) is 4.09. The summed E-state index contributed by atoms with van der Waals surface area (Å²) in [6.07, 6.45) is 1.02. The first kappa shape index (κ1) is 14.2. The molecule has 94 valence electrons. The molecular formula is C7H6Cl3N3O4. The van der Waals surface area contributed by atoms with E-state index in [0.717, 1.165) is 10.8 Å². The van der Waals surface area contributed by atoms with Gasteiger partial charge in [0.05, 0.1) is 0 Å². The SMILES string of the molecule is COCn1cc([N+](=O)[O-])nc1C(=O)C(Cl)(Cl)Cl. The number of ether oxygens (including phenoxy) is 1. The zero-order valence-corrected chi connectivity index (χ0v) is 10.7. The summed E-state index contributed by atoms with van der Waals surface area (Å²) >= 11 is 16.2. The lowest BCUT2D eigenvalue weighted by Crippen LogP contribution is -2.23. The van der Waals surface area contributed by atoms with Crippen LogP contribution < -0.4 is 0 Å². The number of Topliss-reactive ketones (excluding diaryl/α,β-unsaturated/α-hetero) is 1. The van der Waals surface area contributed by atoms with Crippen molar-refractivity contribution in [3.05, 3.63) is 22.1 Å². The molecule has 0 saturated heterocycles. The number of ketones is 1. The number of hydrogen-bond donors (Lipinski definition) is 0. The zero-order valence-electron chi connectivity index (χ0n) is 8.39. The van der Waals surface area contributed by atoms with Gasteiger partial charge in [-0.3, -0.25) is 9.36 Å². The van der Waals surface area contributed by atoms with Crippen LogP contribution in [-0.2, 0) is 11.5 Å². The molecule has 17 heavy (non-hydrogen) atoms. The number of carbonyl (C=O) groups excluding carboxylic acids is 1. The Hall–Kier alpha value is -0.890. The number of methoxy groups -OCH3 is 1. The number of rotatable bonds is 4. The molecule has 0 amide bonds. The van der Waals surface area contributed by atoms with E-state index in [0.29, 0.717) is 0 Å². The van der Waals surface area contributed by atoms with Crippen LogP contribution in [0.5, 0.6) is 0 Å². The van der Waals surface area contributed by atoms with Crippen LogP contribution in [0.2, 0.25) is 0 Å². The van der Waals surface area contributed by atoms with Gasteiger partial charge in [0.2, 0.25) is 0 Å². The van der Waals surface area contributed by atoms with E-state index in [-0.39, 0.29) is 12.6 Å². The average molecular weight is 303 g/mol. The van der Waals surface area contributed by atoms with Crippen molar-refractivity contribution in [2.24, 2.45) is 0 Å². The summed E-state index contributed by atoms with van der Waals surface area (Å²) in [7, 11) is 1.34. The lowest BCUT2D eigenvalue weighted by molar-refractivity contribution is -0.389. The summed E-state index contributed by atoms with van der Waals surface area (Å²) in [4.78, 5) is 24.9. The summed E-state index contributed by atoms with van der Waals surface area (Å²) in [5, 5.41) is 10.5. The fraction of sp³-hybridized carbons (Fsp3) is 0.429. The van der Waals surface area contributed by atoms with Crippen LogP contribution >= 0.6 is 34.8 Å². The Morgan fingerprint density at radius 1 is 1.65 bits per heavy atom. The third kappa shape index (κ3) is 3.29. The first-order chi connectivity index (χ1) is 7.77. The predicted molar refractivity (Wildman–Crippen MR) is 60.5 cm³/mol. The minimum atomic E-state index is -2.23. The van der Waals surface area contributed by atoms with Crippen molar-refractivity contribution < 1.29 is 14.5 Å². The van der Waals surface area contributed by atoms with Crippen molar-refractivity contribution in [1.29, 1.82) is 0 Å². The summed E-state index contributed by atoms with van der Waals surface area (Å²) in [5.74, 6) is -1.84. The summed E-state index contributed by atoms with van der Waals surface area (Å²) in [6, 6.07) is 0. The summed E-state index contributed by atoms with van der Waals surface area (Å²) < 4.78 is 3.60. The molecule has 7 nitrogen and oxygen atoms in total. The van der Waals surface area contributed by atoms with Gasteiger partial charge < -0.3 is 14.9 Å². The van der Waals surface area contributed by atoms with Gasteiger partial charge in [0, 0.05) is 7.11 Å². The second kappa shape index (κ2) is 5.18. The van der Waals surface area contributed by atoms with E-state index >= 15 is 0 Å². The number of nitrogens with zero attached hydrogens (tertiary/aromatic N) is 3. The van der Waals surface area contributed by atoms with E-state index in [1.165, 1.54) is 7.11 Å². The molecule has 0 saturated carbocycles. The normalized spacial score (nSPS) is 11.5. The van der Waals surface area contributed by atoms with E-state index in [1.54, 1.807) is 0 Å². The quantitative estimate of drug-likeness (QED) is 0.367. The molecule has 1 aromatic rings. The lowest BCUT2D eigenvalue weighted by Gasteiger charge is -2.07. The molecule has 0 fully saturated rings. The van der Waals surface area contributed by atoms with E-state index < -0.39 is 20.3 Å². The number of nitro groups is 1. The lowest BCUT2D eigenvalue weighted by atomic mass is 10.4. The molecule has 1 heterocycles. The average Bonchev–Trinajstić information content (AvgIpc) is 2.60.